The molecule has 0 atom stereocenters. The van der Waals surface area contributed by atoms with E-state index in [1.807, 2.05) is 13.0 Å². The van der Waals surface area contributed by atoms with Crippen LogP contribution in [0.1, 0.15) is 15.9 Å². The topological polar surface area (TPSA) is 38.3 Å². The lowest BCUT2D eigenvalue weighted by Gasteiger charge is -2.09. The van der Waals surface area contributed by atoms with Crippen molar-refractivity contribution in [2.45, 2.75) is 6.92 Å². The molecule has 0 saturated heterocycles. The van der Waals surface area contributed by atoms with Crippen LogP contribution in [0, 0.1) is 6.92 Å². The first kappa shape index (κ1) is 12.2. The summed E-state index contributed by atoms with van der Waals surface area (Å²) >= 11 is 3.38. The van der Waals surface area contributed by atoms with E-state index in [-0.39, 0.29) is 5.78 Å². The number of ether oxygens (including phenoxy) is 1. The van der Waals surface area contributed by atoms with E-state index in [1.54, 1.807) is 20.2 Å². The average molecular weight is 272 g/mol. The van der Waals surface area contributed by atoms with Crippen LogP contribution in [0.15, 0.2) is 16.6 Å². The Labute approximate surface area is 97.9 Å². The molecule has 0 unspecified atom stereocenters. The standard InChI is InChI=1S/C11H14BrNO2/c1-7-4-8(10(14)6-13-2)5-9(12)11(7)15-3/h4-5,13H,6H2,1-3H3. The highest BCUT2D eigenvalue weighted by atomic mass is 79.9. The van der Waals surface area contributed by atoms with E-state index in [0.717, 1.165) is 15.8 Å². The lowest BCUT2D eigenvalue weighted by atomic mass is 10.1. The van der Waals surface area contributed by atoms with Crippen LogP contribution in [0.5, 0.6) is 5.75 Å². The van der Waals surface area contributed by atoms with Crippen molar-refractivity contribution in [2.75, 3.05) is 20.7 Å². The van der Waals surface area contributed by atoms with Gasteiger partial charge >= 0.3 is 0 Å². The maximum absolute atomic E-state index is 11.6. The number of methoxy groups -OCH3 is 1. The summed E-state index contributed by atoms with van der Waals surface area (Å²) in [5.74, 6) is 0.847. The van der Waals surface area contributed by atoms with Gasteiger partial charge in [0.05, 0.1) is 18.1 Å². The molecule has 82 valence electrons. The minimum absolute atomic E-state index is 0.0731. The van der Waals surface area contributed by atoms with E-state index < -0.39 is 0 Å². The molecule has 1 aromatic carbocycles. The summed E-state index contributed by atoms with van der Waals surface area (Å²) in [4.78, 5) is 11.6. The summed E-state index contributed by atoms with van der Waals surface area (Å²) in [6, 6.07) is 3.62. The summed E-state index contributed by atoms with van der Waals surface area (Å²) in [6.45, 7) is 2.26. The minimum atomic E-state index is 0.0731. The van der Waals surface area contributed by atoms with Crippen LogP contribution in [0.2, 0.25) is 0 Å². The molecule has 3 nitrogen and oxygen atoms in total. The Morgan fingerprint density at radius 1 is 1.53 bits per heavy atom. The first-order valence-corrected chi connectivity index (χ1v) is 5.41. The van der Waals surface area contributed by atoms with Crippen molar-refractivity contribution in [1.29, 1.82) is 0 Å². The van der Waals surface area contributed by atoms with E-state index in [1.165, 1.54) is 0 Å². The van der Waals surface area contributed by atoms with Crippen molar-refractivity contribution in [3.05, 3.63) is 27.7 Å². The van der Waals surface area contributed by atoms with Gasteiger partial charge in [0.25, 0.3) is 0 Å². The summed E-state index contributed by atoms with van der Waals surface area (Å²) in [6.07, 6.45) is 0. The van der Waals surface area contributed by atoms with Gasteiger partial charge in [0.2, 0.25) is 0 Å². The number of benzene rings is 1. The van der Waals surface area contributed by atoms with E-state index in [4.69, 9.17) is 4.74 Å². The Bertz CT molecular complexity index is 354. The second-order valence-electron chi connectivity index (χ2n) is 3.26. The smallest absolute Gasteiger partial charge is 0.176 e. The molecule has 15 heavy (non-hydrogen) atoms. The number of halogens is 1. The molecule has 0 saturated carbocycles. The zero-order valence-corrected chi connectivity index (χ0v) is 10.6. The average Bonchev–Trinajstić information content (AvgIpc) is 2.17. The molecular weight excluding hydrogens is 258 g/mol. The van der Waals surface area contributed by atoms with Gasteiger partial charge in [-0.3, -0.25) is 4.79 Å². The number of likely N-dealkylation sites (N-methyl/N-ethyl adjacent to an activating group) is 1. The predicted octanol–water partition coefficient (Wildman–Crippen LogP) is 2.17. The second-order valence-corrected chi connectivity index (χ2v) is 4.12. The Balaban J connectivity index is 3.08. The molecule has 0 aliphatic carbocycles. The molecular formula is C11H14BrNO2. The van der Waals surface area contributed by atoms with Gasteiger partial charge in [-0.25, -0.2) is 0 Å². The number of carbonyl (C=O) groups excluding carboxylic acids is 1. The van der Waals surface area contributed by atoms with Crippen molar-refractivity contribution in [3.8, 4) is 5.75 Å². The highest BCUT2D eigenvalue weighted by molar-refractivity contribution is 9.10. The lowest BCUT2D eigenvalue weighted by Crippen LogP contribution is -2.18. The van der Waals surface area contributed by atoms with Crippen molar-refractivity contribution in [1.82, 2.24) is 5.32 Å². The van der Waals surface area contributed by atoms with Crippen LogP contribution in [-0.2, 0) is 0 Å². The van der Waals surface area contributed by atoms with Gasteiger partial charge in [0.1, 0.15) is 5.75 Å². The van der Waals surface area contributed by atoms with Gasteiger partial charge in [-0.15, -0.1) is 0 Å². The number of rotatable bonds is 4. The Hall–Kier alpha value is -0.870. The third-order valence-corrected chi connectivity index (χ3v) is 2.68. The molecule has 0 heterocycles. The summed E-state index contributed by atoms with van der Waals surface area (Å²) < 4.78 is 6.01. The van der Waals surface area contributed by atoms with E-state index in [9.17, 15) is 4.79 Å². The summed E-state index contributed by atoms with van der Waals surface area (Å²) in [5.41, 5.74) is 1.64. The fourth-order valence-electron chi connectivity index (χ4n) is 1.41. The first-order chi connectivity index (χ1) is 7.10. The molecule has 0 aliphatic heterocycles. The van der Waals surface area contributed by atoms with Gasteiger partial charge in [0.15, 0.2) is 5.78 Å². The van der Waals surface area contributed by atoms with Gasteiger partial charge < -0.3 is 10.1 Å². The van der Waals surface area contributed by atoms with E-state index >= 15 is 0 Å². The fourth-order valence-corrected chi connectivity index (χ4v) is 2.13. The molecule has 0 bridgehead atoms. The van der Waals surface area contributed by atoms with Gasteiger partial charge in [-0.05, 0) is 47.6 Å². The minimum Gasteiger partial charge on any atom is -0.495 e. The number of carbonyl (C=O) groups is 1. The Morgan fingerprint density at radius 2 is 2.20 bits per heavy atom. The van der Waals surface area contributed by atoms with Crippen LogP contribution >= 0.6 is 15.9 Å². The number of aryl methyl sites for hydroxylation is 1. The lowest BCUT2D eigenvalue weighted by molar-refractivity contribution is 0.0993. The predicted molar refractivity (Wildman–Crippen MR) is 63.7 cm³/mol. The Morgan fingerprint density at radius 3 is 2.67 bits per heavy atom. The summed E-state index contributed by atoms with van der Waals surface area (Å²) in [7, 11) is 3.37. The normalized spacial score (nSPS) is 10.1. The molecule has 0 amide bonds. The molecule has 0 fully saturated rings. The van der Waals surface area contributed by atoms with Crippen LogP contribution < -0.4 is 10.1 Å². The molecule has 0 aliphatic rings. The van der Waals surface area contributed by atoms with Crippen molar-refractivity contribution < 1.29 is 9.53 Å². The van der Waals surface area contributed by atoms with Crippen LogP contribution in [-0.4, -0.2) is 26.5 Å². The fraction of sp³-hybridized carbons (Fsp3) is 0.364. The number of hydrogen-bond acceptors (Lipinski definition) is 3. The van der Waals surface area contributed by atoms with Gasteiger partial charge in [-0.1, -0.05) is 0 Å². The van der Waals surface area contributed by atoms with Crippen molar-refractivity contribution in [3.63, 3.8) is 0 Å². The zero-order chi connectivity index (χ0) is 11.4. The number of Topliss-reactive ketones (excluding diaryl/α,β-unsaturated/α-hetero) is 1. The van der Waals surface area contributed by atoms with E-state index in [0.29, 0.717) is 12.1 Å². The van der Waals surface area contributed by atoms with Gasteiger partial charge in [0, 0.05) is 5.56 Å². The molecule has 1 aromatic rings. The SMILES string of the molecule is CNCC(=O)c1cc(C)c(OC)c(Br)c1. The van der Waals surface area contributed by atoms with Crippen LogP contribution in [0.4, 0.5) is 0 Å². The van der Waals surface area contributed by atoms with Crippen LogP contribution in [0.25, 0.3) is 0 Å². The highest BCUT2D eigenvalue weighted by Crippen LogP contribution is 2.29. The molecule has 1 N–H and O–H groups in total. The molecule has 0 radical (unpaired) electrons. The molecule has 0 spiro atoms. The second kappa shape index (κ2) is 5.28. The quantitative estimate of drug-likeness (QED) is 0.854. The maximum Gasteiger partial charge on any atom is 0.176 e. The number of hydrogen-bond donors (Lipinski definition) is 1. The largest absolute Gasteiger partial charge is 0.495 e. The van der Waals surface area contributed by atoms with Crippen molar-refractivity contribution >= 4 is 21.7 Å². The molecule has 0 aromatic heterocycles. The zero-order valence-electron chi connectivity index (χ0n) is 9.06. The first-order valence-electron chi connectivity index (χ1n) is 4.62. The van der Waals surface area contributed by atoms with Gasteiger partial charge in [-0.2, -0.15) is 0 Å². The highest BCUT2D eigenvalue weighted by Gasteiger charge is 2.10. The Kier molecular flexibility index (Phi) is 4.29. The van der Waals surface area contributed by atoms with E-state index in [2.05, 4.69) is 21.2 Å². The van der Waals surface area contributed by atoms with Crippen LogP contribution in [0.3, 0.4) is 0 Å². The number of ketones is 1. The third kappa shape index (κ3) is 2.79. The molecule has 1 rings (SSSR count). The maximum atomic E-state index is 11.6. The molecule has 4 heteroatoms. The third-order valence-electron chi connectivity index (χ3n) is 2.09. The van der Waals surface area contributed by atoms with Crippen molar-refractivity contribution in [2.24, 2.45) is 0 Å². The summed E-state index contributed by atoms with van der Waals surface area (Å²) in [5, 5.41) is 2.84. The number of nitrogens with one attached hydrogen (secondary N) is 1. The monoisotopic (exact) mass is 271 g/mol.